The van der Waals surface area contributed by atoms with E-state index in [1.807, 2.05) is 0 Å². The molecule has 1 aliphatic rings. The fraction of sp³-hybridized carbons (Fsp3) is 0.312. The van der Waals surface area contributed by atoms with Gasteiger partial charge >= 0.3 is 5.97 Å². The van der Waals surface area contributed by atoms with Crippen molar-refractivity contribution in [3.05, 3.63) is 46.7 Å². The average Bonchev–Trinajstić information content (AvgIpc) is 2.86. The summed E-state index contributed by atoms with van der Waals surface area (Å²) in [5, 5.41) is 10.8. The predicted molar refractivity (Wildman–Crippen MR) is 82.6 cm³/mol. The number of hydrogen-bond acceptors (Lipinski definition) is 6. The molecule has 0 aromatic heterocycles. The summed E-state index contributed by atoms with van der Waals surface area (Å²) in [4.78, 5) is 41.7. The Bertz CT molecular complexity index is 695. The number of methoxy groups -OCH3 is 1. The van der Waals surface area contributed by atoms with E-state index in [1.165, 1.54) is 26.2 Å². The lowest BCUT2D eigenvalue weighted by Gasteiger charge is -2.20. The Morgan fingerprint density at radius 1 is 1.25 bits per heavy atom. The molecule has 2 amide bonds. The van der Waals surface area contributed by atoms with E-state index in [9.17, 15) is 19.5 Å². The molecule has 0 unspecified atom stereocenters. The molecule has 1 heterocycles. The van der Waals surface area contributed by atoms with Gasteiger partial charge in [-0.05, 0) is 17.7 Å². The molecule has 1 aliphatic heterocycles. The summed E-state index contributed by atoms with van der Waals surface area (Å²) in [6.45, 7) is 0.107. The average molecular weight is 334 g/mol. The lowest BCUT2D eigenvalue weighted by atomic mass is 10.1. The number of rotatable bonds is 5. The van der Waals surface area contributed by atoms with Gasteiger partial charge in [-0.1, -0.05) is 12.1 Å². The van der Waals surface area contributed by atoms with Gasteiger partial charge in [-0.15, -0.1) is 0 Å². The van der Waals surface area contributed by atoms with Gasteiger partial charge in [0.2, 0.25) is 0 Å². The monoisotopic (exact) mass is 334 g/mol. The molecule has 0 radical (unpaired) electrons. The van der Waals surface area contributed by atoms with Crippen LogP contribution in [0.1, 0.15) is 15.9 Å². The number of carbonyl (C=O) groups excluding carboxylic acids is 3. The van der Waals surface area contributed by atoms with Crippen molar-refractivity contribution < 1.29 is 29.1 Å². The van der Waals surface area contributed by atoms with Gasteiger partial charge in [-0.2, -0.15) is 0 Å². The molecule has 8 heteroatoms. The van der Waals surface area contributed by atoms with Gasteiger partial charge in [0.1, 0.15) is 0 Å². The minimum atomic E-state index is -0.600. The Kier molecular flexibility index (Phi) is 5.20. The summed E-state index contributed by atoms with van der Waals surface area (Å²) in [6, 6.07) is 6.46. The standard InChI is InChI=1S/C16H18N2O6/c1-17-9-12(13(19)15(17)21)14(20)18(24-3)8-10-4-6-11(7-5-10)16(22)23-2/h4-7,19H,8-9H2,1-3H3. The molecule has 0 saturated heterocycles. The first-order chi connectivity index (χ1) is 11.4. The number of ether oxygens (including phenoxy) is 1. The van der Waals surface area contributed by atoms with Crippen LogP contribution in [0.3, 0.4) is 0 Å². The summed E-state index contributed by atoms with van der Waals surface area (Å²) in [6.07, 6.45) is 0. The fourth-order valence-corrected chi connectivity index (χ4v) is 2.26. The van der Waals surface area contributed by atoms with Gasteiger partial charge in [-0.25, -0.2) is 9.86 Å². The molecule has 0 spiro atoms. The first kappa shape index (κ1) is 17.5. The van der Waals surface area contributed by atoms with Crippen molar-refractivity contribution in [2.24, 2.45) is 0 Å². The Morgan fingerprint density at radius 3 is 2.33 bits per heavy atom. The van der Waals surface area contributed by atoms with E-state index in [1.54, 1.807) is 24.3 Å². The van der Waals surface area contributed by atoms with Gasteiger partial charge in [0.05, 0.1) is 38.4 Å². The van der Waals surface area contributed by atoms with Crippen LogP contribution in [0, 0.1) is 0 Å². The van der Waals surface area contributed by atoms with E-state index in [0.717, 1.165) is 5.06 Å². The van der Waals surface area contributed by atoms with Crippen LogP contribution in [-0.4, -0.2) is 60.7 Å². The molecule has 8 nitrogen and oxygen atoms in total. The third-order valence-electron chi connectivity index (χ3n) is 3.64. The molecule has 24 heavy (non-hydrogen) atoms. The summed E-state index contributed by atoms with van der Waals surface area (Å²) in [7, 11) is 4.10. The number of hydroxylamine groups is 2. The SMILES string of the molecule is COC(=O)c1ccc(CN(OC)C(=O)C2=C(O)C(=O)N(C)C2)cc1. The second-order valence-electron chi connectivity index (χ2n) is 5.20. The lowest BCUT2D eigenvalue weighted by Crippen LogP contribution is -2.32. The zero-order valence-corrected chi connectivity index (χ0v) is 13.6. The Morgan fingerprint density at radius 2 is 1.88 bits per heavy atom. The third kappa shape index (κ3) is 3.38. The Hall–Kier alpha value is -2.87. The van der Waals surface area contributed by atoms with Crippen molar-refractivity contribution in [3.8, 4) is 0 Å². The van der Waals surface area contributed by atoms with Crippen LogP contribution in [0.2, 0.25) is 0 Å². The van der Waals surface area contributed by atoms with Crippen LogP contribution in [0.5, 0.6) is 0 Å². The highest BCUT2D eigenvalue weighted by atomic mass is 16.7. The maximum absolute atomic E-state index is 12.4. The van der Waals surface area contributed by atoms with E-state index in [2.05, 4.69) is 4.74 Å². The third-order valence-corrected chi connectivity index (χ3v) is 3.64. The first-order valence-electron chi connectivity index (χ1n) is 7.09. The van der Waals surface area contributed by atoms with E-state index in [-0.39, 0.29) is 18.7 Å². The van der Waals surface area contributed by atoms with Crippen LogP contribution in [0.4, 0.5) is 0 Å². The molecular formula is C16H18N2O6. The Balaban J connectivity index is 2.13. The molecule has 2 rings (SSSR count). The van der Waals surface area contributed by atoms with Gasteiger partial charge in [-0.3, -0.25) is 14.4 Å². The number of amides is 2. The minimum Gasteiger partial charge on any atom is -0.503 e. The zero-order valence-electron chi connectivity index (χ0n) is 13.6. The predicted octanol–water partition coefficient (Wildman–Crippen LogP) is 0.647. The molecule has 0 fully saturated rings. The molecule has 1 aromatic carbocycles. The van der Waals surface area contributed by atoms with E-state index >= 15 is 0 Å². The second-order valence-corrected chi connectivity index (χ2v) is 5.20. The summed E-state index contributed by atoms with van der Waals surface area (Å²) in [5.41, 5.74) is 1.08. The second kappa shape index (κ2) is 7.14. The molecule has 128 valence electrons. The van der Waals surface area contributed by atoms with Crippen LogP contribution >= 0.6 is 0 Å². The molecule has 1 aromatic rings. The van der Waals surface area contributed by atoms with Crippen molar-refractivity contribution in [2.75, 3.05) is 27.8 Å². The molecule has 0 bridgehead atoms. The van der Waals surface area contributed by atoms with Gasteiger partial charge in [0.25, 0.3) is 11.8 Å². The molecule has 0 saturated carbocycles. The van der Waals surface area contributed by atoms with E-state index < -0.39 is 23.5 Å². The number of esters is 1. The molecule has 0 atom stereocenters. The van der Waals surface area contributed by atoms with Crippen LogP contribution in [0.25, 0.3) is 0 Å². The van der Waals surface area contributed by atoms with Crippen LogP contribution < -0.4 is 0 Å². The number of aliphatic hydroxyl groups is 1. The van der Waals surface area contributed by atoms with Crippen molar-refractivity contribution in [1.29, 1.82) is 0 Å². The molecule has 1 N–H and O–H groups in total. The summed E-state index contributed by atoms with van der Waals surface area (Å²) >= 11 is 0. The smallest absolute Gasteiger partial charge is 0.337 e. The maximum atomic E-state index is 12.4. The highest BCUT2D eigenvalue weighted by Gasteiger charge is 2.34. The van der Waals surface area contributed by atoms with E-state index in [4.69, 9.17) is 4.84 Å². The number of carbonyl (C=O) groups is 3. The number of nitrogens with zero attached hydrogens (tertiary/aromatic N) is 2. The Labute approximate surface area is 138 Å². The molecule has 0 aliphatic carbocycles. The highest BCUT2D eigenvalue weighted by Crippen LogP contribution is 2.19. The van der Waals surface area contributed by atoms with Crippen molar-refractivity contribution in [2.45, 2.75) is 6.54 Å². The largest absolute Gasteiger partial charge is 0.503 e. The normalized spacial score (nSPS) is 14.1. The quantitative estimate of drug-likeness (QED) is 0.627. The number of likely N-dealkylation sites (N-methyl/N-ethyl adjacent to an activating group) is 1. The molecular weight excluding hydrogens is 316 g/mol. The zero-order chi connectivity index (χ0) is 17.9. The van der Waals surface area contributed by atoms with Crippen molar-refractivity contribution >= 4 is 17.8 Å². The van der Waals surface area contributed by atoms with Gasteiger partial charge < -0.3 is 14.7 Å². The van der Waals surface area contributed by atoms with Gasteiger partial charge in [0, 0.05) is 7.05 Å². The minimum absolute atomic E-state index is 0.0180. The summed E-state index contributed by atoms with van der Waals surface area (Å²) in [5.74, 6) is -2.21. The number of hydrogen-bond donors (Lipinski definition) is 1. The van der Waals surface area contributed by atoms with Crippen molar-refractivity contribution in [1.82, 2.24) is 9.96 Å². The maximum Gasteiger partial charge on any atom is 0.337 e. The lowest BCUT2D eigenvalue weighted by molar-refractivity contribution is -0.174. The number of aliphatic hydroxyl groups excluding tert-OH is 1. The van der Waals surface area contributed by atoms with Crippen LogP contribution in [-0.2, 0) is 25.7 Å². The summed E-state index contributed by atoms with van der Waals surface area (Å²) < 4.78 is 4.62. The van der Waals surface area contributed by atoms with Crippen LogP contribution in [0.15, 0.2) is 35.6 Å². The van der Waals surface area contributed by atoms with Gasteiger partial charge in [0.15, 0.2) is 5.76 Å². The van der Waals surface area contributed by atoms with E-state index in [0.29, 0.717) is 11.1 Å². The van der Waals surface area contributed by atoms with Crippen molar-refractivity contribution in [3.63, 3.8) is 0 Å². The first-order valence-corrected chi connectivity index (χ1v) is 7.09. The number of benzene rings is 1. The topological polar surface area (TPSA) is 96.4 Å². The highest BCUT2D eigenvalue weighted by molar-refractivity contribution is 6.06. The fourth-order valence-electron chi connectivity index (χ4n) is 2.26.